The summed E-state index contributed by atoms with van der Waals surface area (Å²) in [7, 11) is 0. The minimum atomic E-state index is 0.269. The molecule has 0 aliphatic heterocycles. The van der Waals surface area contributed by atoms with E-state index in [-0.39, 0.29) is 11.5 Å². The Morgan fingerprint density at radius 3 is 2.38 bits per heavy atom. The van der Waals surface area contributed by atoms with Crippen molar-refractivity contribution in [3.8, 4) is 11.5 Å². The van der Waals surface area contributed by atoms with E-state index < -0.39 is 0 Å². The maximum atomic E-state index is 10.7. The number of allylic oxidation sites excluding steroid dienone is 1. The average Bonchev–Trinajstić information content (AvgIpc) is 2.57. The van der Waals surface area contributed by atoms with E-state index in [0.29, 0.717) is 0 Å². The number of hydrogen-bond donors (Lipinski definition) is 2. The molecule has 2 rings (SSSR count). The van der Waals surface area contributed by atoms with Crippen LogP contribution >= 0.6 is 0 Å². The lowest BCUT2D eigenvalue weighted by Crippen LogP contribution is -1.89. The number of rotatable bonds is 8. The molecule has 0 spiro atoms. The number of unbranched alkanes of at least 4 members (excludes halogenated alkanes) is 6. The second-order valence-corrected chi connectivity index (χ2v) is 6.69. The number of phenolic OH excluding ortho intramolecular Hbond substituents is 2. The number of aryl methyl sites for hydroxylation is 1. The molecule has 0 saturated carbocycles. The predicted molar refractivity (Wildman–Crippen MR) is 104 cm³/mol. The van der Waals surface area contributed by atoms with Gasteiger partial charge in [-0.3, -0.25) is 0 Å². The predicted octanol–water partition coefficient (Wildman–Crippen LogP) is 6.63. The zero-order valence-corrected chi connectivity index (χ0v) is 15.2. The largest absolute Gasteiger partial charge is 0.507 e. The van der Waals surface area contributed by atoms with Crippen molar-refractivity contribution in [3.63, 3.8) is 0 Å². The third-order valence-electron chi connectivity index (χ3n) is 4.79. The lowest BCUT2D eigenvalue weighted by Gasteiger charge is -2.13. The van der Waals surface area contributed by atoms with Crippen molar-refractivity contribution in [2.75, 3.05) is 0 Å². The summed E-state index contributed by atoms with van der Waals surface area (Å²) in [5.41, 5.74) is 2.45. The highest BCUT2D eigenvalue weighted by Crippen LogP contribution is 2.41. The summed E-state index contributed by atoms with van der Waals surface area (Å²) in [6.07, 6.45) is 12.8. The second kappa shape index (κ2) is 8.77. The first kappa shape index (κ1) is 18.4. The molecule has 2 heteroatoms. The van der Waals surface area contributed by atoms with E-state index in [9.17, 15) is 10.2 Å². The van der Waals surface area contributed by atoms with E-state index in [1.807, 2.05) is 38.1 Å². The van der Waals surface area contributed by atoms with E-state index in [1.54, 1.807) is 0 Å². The quantitative estimate of drug-likeness (QED) is 0.422. The van der Waals surface area contributed by atoms with E-state index in [1.165, 1.54) is 38.5 Å². The van der Waals surface area contributed by atoms with Crippen LogP contribution in [0.25, 0.3) is 16.8 Å². The monoisotopic (exact) mass is 326 g/mol. The van der Waals surface area contributed by atoms with Crippen molar-refractivity contribution in [2.24, 2.45) is 0 Å². The Morgan fingerprint density at radius 1 is 0.917 bits per heavy atom. The van der Waals surface area contributed by atoms with Crippen LogP contribution in [-0.2, 0) is 0 Å². The number of hydrogen-bond acceptors (Lipinski definition) is 2. The molecule has 0 unspecified atom stereocenters. The first-order valence-electron chi connectivity index (χ1n) is 9.18. The normalized spacial score (nSPS) is 11.6. The third-order valence-corrected chi connectivity index (χ3v) is 4.79. The summed E-state index contributed by atoms with van der Waals surface area (Å²) in [6, 6.07) is 5.72. The Hall–Kier alpha value is -1.96. The van der Waals surface area contributed by atoms with Crippen LogP contribution in [0, 0.1) is 13.8 Å². The zero-order chi connectivity index (χ0) is 17.5. The molecule has 0 radical (unpaired) electrons. The Labute approximate surface area is 145 Å². The summed E-state index contributed by atoms with van der Waals surface area (Å²) in [6.45, 7) is 6.06. The number of fused-ring (bicyclic) bond motifs is 1. The summed E-state index contributed by atoms with van der Waals surface area (Å²) in [5, 5.41) is 22.6. The lowest BCUT2D eigenvalue weighted by molar-refractivity contribution is 0.465. The fourth-order valence-corrected chi connectivity index (χ4v) is 3.27. The Balaban J connectivity index is 2.12. The minimum absolute atomic E-state index is 0.269. The second-order valence-electron chi connectivity index (χ2n) is 6.69. The van der Waals surface area contributed by atoms with Crippen molar-refractivity contribution in [3.05, 3.63) is 41.0 Å². The average molecular weight is 326 g/mol. The van der Waals surface area contributed by atoms with Gasteiger partial charge in [0, 0.05) is 21.9 Å². The van der Waals surface area contributed by atoms with E-state index in [4.69, 9.17) is 0 Å². The summed E-state index contributed by atoms with van der Waals surface area (Å²) >= 11 is 0. The van der Waals surface area contributed by atoms with Crippen LogP contribution in [0.2, 0.25) is 0 Å². The van der Waals surface area contributed by atoms with Crippen molar-refractivity contribution in [1.82, 2.24) is 0 Å². The lowest BCUT2D eigenvalue weighted by atomic mass is 9.95. The molecular weight excluding hydrogens is 296 g/mol. The molecule has 0 saturated heterocycles. The molecule has 2 aromatic carbocycles. The van der Waals surface area contributed by atoms with Gasteiger partial charge in [-0.25, -0.2) is 0 Å². The van der Waals surface area contributed by atoms with Crippen LogP contribution in [0.15, 0.2) is 24.3 Å². The minimum Gasteiger partial charge on any atom is -0.507 e. The van der Waals surface area contributed by atoms with Crippen LogP contribution in [0.5, 0.6) is 11.5 Å². The Bertz CT molecular complexity index is 714. The molecule has 130 valence electrons. The van der Waals surface area contributed by atoms with Gasteiger partial charge in [0.1, 0.15) is 11.5 Å². The van der Waals surface area contributed by atoms with Gasteiger partial charge in [-0.1, -0.05) is 69.4 Å². The summed E-state index contributed by atoms with van der Waals surface area (Å²) in [4.78, 5) is 0. The van der Waals surface area contributed by atoms with E-state index in [0.717, 1.165) is 33.9 Å². The van der Waals surface area contributed by atoms with Gasteiger partial charge in [-0.15, -0.1) is 0 Å². The van der Waals surface area contributed by atoms with Gasteiger partial charge in [0.25, 0.3) is 0 Å². The highest BCUT2D eigenvalue weighted by atomic mass is 16.3. The van der Waals surface area contributed by atoms with Gasteiger partial charge in [-0.05, 0) is 32.3 Å². The summed E-state index contributed by atoms with van der Waals surface area (Å²) in [5.74, 6) is 0.545. The van der Waals surface area contributed by atoms with Crippen molar-refractivity contribution >= 4 is 16.8 Å². The number of phenols is 2. The highest BCUT2D eigenvalue weighted by molar-refractivity contribution is 5.99. The smallest absolute Gasteiger partial charge is 0.131 e. The van der Waals surface area contributed by atoms with Crippen LogP contribution in [0.1, 0.15) is 68.6 Å². The van der Waals surface area contributed by atoms with E-state index in [2.05, 4.69) is 13.0 Å². The van der Waals surface area contributed by atoms with Crippen LogP contribution in [-0.4, -0.2) is 10.2 Å². The van der Waals surface area contributed by atoms with Crippen molar-refractivity contribution in [2.45, 2.75) is 65.7 Å². The van der Waals surface area contributed by atoms with Gasteiger partial charge in [0.05, 0.1) is 0 Å². The third kappa shape index (κ3) is 4.11. The van der Waals surface area contributed by atoms with Crippen molar-refractivity contribution < 1.29 is 10.2 Å². The highest BCUT2D eigenvalue weighted by Gasteiger charge is 2.15. The van der Waals surface area contributed by atoms with Gasteiger partial charge in [0.15, 0.2) is 0 Å². The standard InChI is InChI=1S/C22H30O2/c1-4-5-6-7-8-9-10-11-14-18-17(3)21(23)19-15-12-13-16(2)20(19)22(18)24/h11-15,23-24H,4-10H2,1-3H3. The van der Waals surface area contributed by atoms with Gasteiger partial charge < -0.3 is 10.2 Å². The topological polar surface area (TPSA) is 40.5 Å². The zero-order valence-electron chi connectivity index (χ0n) is 15.2. The van der Waals surface area contributed by atoms with E-state index >= 15 is 0 Å². The molecule has 2 N–H and O–H groups in total. The maximum absolute atomic E-state index is 10.7. The number of benzene rings is 2. The molecule has 0 amide bonds. The fourth-order valence-electron chi connectivity index (χ4n) is 3.27. The van der Waals surface area contributed by atoms with Crippen LogP contribution in [0.3, 0.4) is 0 Å². The van der Waals surface area contributed by atoms with Crippen LogP contribution in [0.4, 0.5) is 0 Å². The van der Waals surface area contributed by atoms with Gasteiger partial charge in [0.2, 0.25) is 0 Å². The van der Waals surface area contributed by atoms with Gasteiger partial charge >= 0.3 is 0 Å². The first-order valence-corrected chi connectivity index (χ1v) is 9.18. The van der Waals surface area contributed by atoms with Crippen molar-refractivity contribution in [1.29, 1.82) is 0 Å². The van der Waals surface area contributed by atoms with Crippen LogP contribution < -0.4 is 0 Å². The van der Waals surface area contributed by atoms with Gasteiger partial charge in [-0.2, -0.15) is 0 Å². The molecule has 0 bridgehead atoms. The maximum Gasteiger partial charge on any atom is 0.131 e. The molecule has 0 atom stereocenters. The Kier molecular flexibility index (Phi) is 6.72. The molecule has 0 aliphatic rings. The molecule has 0 aromatic heterocycles. The fraction of sp³-hybridized carbons (Fsp3) is 0.455. The Morgan fingerprint density at radius 2 is 1.62 bits per heavy atom. The molecule has 0 aliphatic carbocycles. The molecule has 2 aromatic rings. The molecule has 2 nitrogen and oxygen atoms in total. The molecule has 0 fully saturated rings. The molecule has 0 heterocycles. The molecular formula is C22H30O2. The molecule has 24 heavy (non-hydrogen) atoms. The first-order chi connectivity index (χ1) is 11.6. The number of aromatic hydroxyl groups is 2. The SMILES string of the molecule is CCCCCCCCC=Cc1c(C)c(O)c2cccc(C)c2c1O. The summed E-state index contributed by atoms with van der Waals surface area (Å²) < 4.78 is 0.